The fourth-order valence-corrected chi connectivity index (χ4v) is 2.28. The highest BCUT2D eigenvalue weighted by molar-refractivity contribution is 5.76. The summed E-state index contributed by atoms with van der Waals surface area (Å²) in [6.07, 6.45) is -1.82. The van der Waals surface area contributed by atoms with Gasteiger partial charge in [0.25, 0.3) is 0 Å². The SMILES string of the molecule is O=C(O)C1(C(F)(F)F)CCN(CCn2cccn2)C1. The highest BCUT2D eigenvalue weighted by Gasteiger charge is 2.63. The van der Waals surface area contributed by atoms with Gasteiger partial charge in [0.1, 0.15) is 0 Å². The normalized spacial score (nSPS) is 24.8. The Morgan fingerprint density at radius 2 is 2.16 bits per heavy atom. The molecule has 1 aromatic rings. The lowest BCUT2D eigenvalue weighted by atomic mass is 9.86. The second-order valence-electron chi connectivity index (χ2n) is 4.68. The average molecular weight is 277 g/mol. The Morgan fingerprint density at radius 3 is 2.63 bits per heavy atom. The van der Waals surface area contributed by atoms with Crippen LogP contribution < -0.4 is 0 Å². The van der Waals surface area contributed by atoms with Crippen LogP contribution in [0.3, 0.4) is 0 Å². The van der Waals surface area contributed by atoms with Crippen LogP contribution in [0, 0.1) is 5.41 Å². The van der Waals surface area contributed by atoms with Gasteiger partial charge in [0.15, 0.2) is 5.41 Å². The third-order valence-corrected chi connectivity index (χ3v) is 3.50. The van der Waals surface area contributed by atoms with E-state index in [-0.39, 0.29) is 6.54 Å². The minimum atomic E-state index is -4.72. The minimum absolute atomic E-state index is 0.132. The van der Waals surface area contributed by atoms with E-state index in [1.54, 1.807) is 23.1 Å². The van der Waals surface area contributed by atoms with Crippen LogP contribution in [0.4, 0.5) is 13.2 Å². The number of rotatable bonds is 4. The van der Waals surface area contributed by atoms with Crippen LogP contribution in [0.1, 0.15) is 6.42 Å². The van der Waals surface area contributed by atoms with Crippen LogP contribution in [0.2, 0.25) is 0 Å². The number of alkyl halides is 3. The van der Waals surface area contributed by atoms with E-state index < -0.39 is 30.5 Å². The van der Waals surface area contributed by atoms with Gasteiger partial charge in [-0.1, -0.05) is 0 Å². The largest absolute Gasteiger partial charge is 0.481 e. The highest BCUT2D eigenvalue weighted by Crippen LogP contribution is 2.45. The molecule has 0 bridgehead atoms. The van der Waals surface area contributed by atoms with E-state index in [0.29, 0.717) is 13.1 Å². The molecule has 1 fully saturated rings. The fourth-order valence-electron chi connectivity index (χ4n) is 2.28. The molecule has 0 radical (unpaired) electrons. The molecule has 1 aliphatic rings. The fraction of sp³-hybridized carbons (Fsp3) is 0.636. The van der Waals surface area contributed by atoms with E-state index in [0.717, 1.165) is 0 Å². The quantitative estimate of drug-likeness (QED) is 0.899. The van der Waals surface area contributed by atoms with Gasteiger partial charge in [0.05, 0.1) is 6.54 Å². The zero-order chi connectivity index (χ0) is 14.1. The predicted molar refractivity (Wildman–Crippen MR) is 59.4 cm³/mol. The van der Waals surface area contributed by atoms with Gasteiger partial charge in [-0.15, -0.1) is 0 Å². The smallest absolute Gasteiger partial charge is 0.406 e. The number of likely N-dealkylation sites (tertiary alicyclic amines) is 1. The summed E-state index contributed by atoms with van der Waals surface area (Å²) in [6, 6.07) is 1.72. The molecule has 1 N–H and O–H groups in total. The Morgan fingerprint density at radius 1 is 1.42 bits per heavy atom. The van der Waals surface area contributed by atoms with Crippen LogP contribution in [-0.2, 0) is 11.3 Å². The first-order chi connectivity index (χ1) is 8.85. The molecular formula is C11H14F3N3O2. The Balaban J connectivity index is 1.99. The Kier molecular flexibility index (Phi) is 3.53. The maximum Gasteiger partial charge on any atom is 0.406 e. The number of carbonyl (C=O) groups is 1. The number of halogens is 3. The summed E-state index contributed by atoms with van der Waals surface area (Å²) in [6.45, 7) is 0.438. The molecule has 1 unspecified atom stereocenters. The molecule has 2 rings (SSSR count). The second-order valence-corrected chi connectivity index (χ2v) is 4.68. The molecule has 0 amide bonds. The van der Waals surface area contributed by atoms with Crippen LogP contribution in [-0.4, -0.2) is 51.6 Å². The number of aliphatic carboxylic acids is 1. The van der Waals surface area contributed by atoms with E-state index >= 15 is 0 Å². The van der Waals surface area contributed by atoms with Gasteiger partial charge in [-0.3, -0.25) is 14.4 Å². The summed E-state index contributed by atoms with van der Waals surface area (Å²) in [7, 11) is 0. The van der Waals surface area contributed by atoms with Crippen molar-refractivity contribution in [3.63, 3.8) is 0 Å². The monoisotopic (exact) mass is 277 g/mol. The van der Waals surface area contributed by atoms with Crippen molar-refractivity contribution in [2.75, 3.05) is 19.6 Å². The summed E-state index contributed by atoms with van der Waals surface area (Å²) >= 11 is 0. The molecule has 8 heteroatoms. The topological polar surface area (TPSA) is 58.4 Å². The van der Waals surface area contributed by atoms with E-state index in [9.17, 15) is 18.0 Å². The Bertz CT molecular complexity index is 447. The molecule has 106 valence electrons. The minimum Gasteiger partial charge on any atom is -0.481 e. The summed E-state index contributed by atoms with van der Waals surface area (Å²) in [5, 5.41) is 12.9. The van der Waals surface area contributed by atoms with E-state index in [2.05, 4.69) is 5.10 Å². The van der Waals surface area contributed by atoms with Crippen LogP contribution in [0.5, 0.6) is 0 Å². The lowest BCUT2D eigenvalue weighted by Crippen LogP contribution is -2.47. The molecule has 0 saturated carbocycles. The first-order valence-electron chi connectivity index (χ1n) is 5.85. The molecular weight excluding hydrogens is 263 g/mol. The van der Waals surface area contributed by atoms with Crippen molar-refractivity contribution in [2.45, 2.75) is 19.1 Å². The standard InChI is InChI=1S/C11H14F3N3O2/c12-11(13,14)10(9(18)19)2-5-16(8-10)6-7-17-4-1-3-15-17/h1,3-4H,2,5-8H2,(H,18,19). The molecule has 1 saturated heterocycles. The molecule has 0 aliphatic carbocycles. The van der Waals surface area contributed by atoms with Crippen molar-refractivity contribution in [3.05, 3.63) is 18.5 Å². The number of aromatic nitrogens is 2. The van der Waals surface area contributed by atoms with Crippen LogP contribution in [0.15, 0.2) is 18.5 Å². The van der Waals surface area contributed by atoms with Crippen molar-refractivity contribution in [1.29, 1.82) is 0 Å². The first kappa shape index (κ1) is 13.9. The van der Waals surface area contributed by atoms with Gasteiger partial charge in [-0.2, -0.15) is 18.3 Å². The lowest BCUT2D eigenvalue weighted by Gasteiger charge is -2.27. The second kappa shape index (κ2) is 4.84. The van der Waals surface area contributed by atoms with E-state index in [1.807, 2.05) is 0 Å². The van der Waals surface area contributed by atoms with Crippen molar-refractivity contribution in [2.24, 2.45) is 5.41 Å². The maximum absolute atomic E-state index is 12.9. The third-order valence-electron chi connectivity index (χ3n) is 3.50. The molecule has 1 atom stereocenters. The number of carboxylic acid groups (broad SMARTS) is 1. The Labute approximate surface area is 107 Å². The van der Waals surface area contributed by atoms with Gasteiger partial charge in [0, 0.05) is 25.5 Å². The van der Waals surface area contributed by atoms with Gasteiger partial charge >= 0.3 is 12.1 Å². The number of carboxylic acids is 1. The molecule has 5 nitrogen and oxygen atoms in total. The zero-order valence-corrected chi connectivity index (χ0v) is 10.1. The molecule has 1 aromatic heterocycles. The van der Waals surface area contributed by atoms with E-state index in [4.69, 9.17) is 5.11 Å². The van der Waals surface area contributed by atoms with Crippen LogP contribution >= 0.6 is 0 Å². The summed E-state index contributed by atoms with van der Waals surface area (Å²) in [5.74, 6) is -1.79. The Hall–Kier alpha value is -1.57. The van der Waals surface area contributed by atoms with Gasteiger partial charge in [-0.25, -0.2) is 0 Å². The number of nitrogens with zero attached hydrogens (tertiary/aromatic N) is 3. The molecule has 19 heavy (non-hydrogen) atoms. The zero-order valence-electron chi connectivity index (χ0n) is 10.1. The third kappa shape index (κ3) is 2.58. The van der Waals surface area contributed by atoms with Crippen molar-refractivity contribution < 1.29 is 23.1 Å². The van der Waals surface area contributed by atoms with E-state index in [1.165, 1.54) is 4.90 Å². The first-order valence-corrected chi connectivity index (χ1v) is 5.85. The van der Waals surface area contributed by atoms with Gasteiger partial charge in [0.2, 0.25) is 0 Å². The summed E-state index contributed by atoms with van der Waals surface area (Å²) in [5.41, 5.74) is -2.63. The summed E-state index contributed by atoms with van der Waals surface area (Å²) < 4.78 is 40.4. The molecule has 2 heterocycles. The van der Waals surface area contributed by atoms with Gasteiger partial charge in [-0.05, 0) is 19.0 Å². The van der Waals surface area contributed by atoms with Crippen molar-refractivity contribution >= 4 is 5.97 Å². The molecule has 0 aromatic carbocycles. The van der Waals surface area contributed by atoms with Gasteiger partial charge < -0.3 is 5.11 Å². The predicted octanol–water partition coefficient (Wildman–Crippen LogP) is 1.22. The van der Waals surface area contributed by atoms with Crippen molar-refractivity contribution in [1.82, 2.24) is 14.7 Å². The van der Waals surface area contributed by atoms with Crippen molar-refractivity contribution in [3.8, 4) is 0 Å². The maximum atomic E-state index is 12.9. The number of hydrogen-bond acceptors (Lipinski definition) is 3. The highest BCUT2D eigenvalue weighted by atomic mass is 19.4. The average Bonchev–Trinajstić information content (AvgIpc) is 2.95. The summed E-state index contributed by atoms with van der Waals surface area (Å²) in [4.78, 5) is 12.5. The number of hydrogen-bond donors (Lipinski definition) is 1. The molecule has 1 aliphatic heterocycles. The molecule has 0 spiro atoms. The lowest BCUT2D eigenvalue weighted by molar-refractivity contribution is -0.227. The van der Waals surface area contributed by atoms with Crippen LogP contribution in [0.25, 0.3) is 0 Å².